The van der Waals surface area contributed by atoms with Crippen LogP contribution in [-0.4, -0.2) is 17.3 Å². The van der Waals surface area contributed by atoms with Gasteiger partial charge in [-0.25, -0.2) is 4.98 Å². The van der Waals surface area contributed by atoms with Crippen LogP contribution in [0.2, 0.25) is 5.35 Å². The second-order valence-corrected chi connectivity index (χ2v) is 4.07. The zero-order valence-corrected chi connectivity index (χ0v) is 7.97. The molecule has 0 radical (unpaired) electrons. The van der Waals surface area contributed by atoms with Crippen molar-refractivity contribution in [2.24, 2.45) is 0 Å². The van der Waals surface area contributed by atoms with Crippen molar-refractivity contribution in [2.45, 2.75) is 12.8 Å². The van der Waals surface area contributed by atoms with E-state index < -0.39 is 0 Å². The van der Waals surface area contributed by atoms with Gasteiger partial charge in [0.15, 0.2) is 0 Å². The summed E-state index contributed by atoms with van der Waals surface area (Å²) in [6, 6.07) is 0. The second-order valence-electron chi connectivity index (χ2n) is 2.24. The van der Waals surface area contributed by atoms with Crippen LogP contribution in [0.3, 0.4) is 0 Å². The normalized spacial score (nSPS) is 15.7. The molecule has 0 bridgehead atoms. The van der Waals surface area contributed by atoms with Crippen LogP contribution in [0.5, 0.6) is 0 Å². The van der Waals surface area contributed by atoms with Crippen molar-refractivity contribution in [1.29, 1.82) is 0 Å². The van der Waals surface area contributed by atoms with Gasteiger partial charge in [-0.15, -0.1) is 8.58 Å². The summed E-state index contributed by atoms with van der Waals surface area (Å²) >= 11 is 5.18. The predicted octanol–water partition coefficient (Wildman–Crippen LogP) is 2.79. The molecule has 1 aromatic rings. The Morgan fingerprint density at radius 1 is 1.45 bits per heavy atom. The minimum absolute atomic E-state index is 0.190. The van der Waals surface area contributed by atoms with Crippen LogP contribution in [0.4, 0.5) is 0 Å². The van der Waals surface area contributed by atoms with E-state index in [1.165, 1.54) is 46.2 Å². The average Bonchev–Trinajstić information content (AvgIpc) is 2.57. The minimum Gasteiger partial charge on any atom is -0.436 e. The van der Waals surface area contributed by atoms with Gasteiger partial charge < -0.3 is 4.42 Å². The summed E-state index contributed by atoms with van der Waals surface area (Å²) in [5.41, 5.74) is 0. The molecule has 0 N–H and O–H groups in total. The summed E-state index contributed by atoms with van der Waals surface area (Å²) in [4.78, 5) is 3.52. The quantitative estimate of drug-likeness (QED) is 0.590. The Kier molecular flexibility index (Phi) is 4.56. The Labute approximate surface area is 73.1 Å². The number of nitrogens with zero attached hydrogens (tertiary/aromatic N) is 1. The van der Waals surface area contributed by atoms with Crippen LogP contribution in [0.15, 0.2) is 16.9 Å². The zero-order valence-electron chi connectivity index (χ0n) is 6.22. The Morgan fingerprint density at radius 2 is 2.18 bits per heavy atom. The molecule has 0 aliphatic carbocycles. The van der Waals surface area contributed by atoms with Gasteiger partial charge in [0.1, 0.15) is 6.26 Å². The molecule has 2 rings (SSSR count). The molecule has 0 atom stereocenters. The standard InChI is InChI=1S/C4H9P.C3H2ClNO/c1-2-4-5-3-1;4-3-5-1-2-6-3/h5H,1-4H2;1-2H. The lowest BCUT2D eigenvalue weighted by Gasteiger charge is -1.69. The van der Waals surface area contributed by atoms with Crippen molar-refractivity contribution < 1.29 is 4.42 Å². The van der Waals surface area contributed by atoms with Crippen LogP contribution < -0.4 is 0 Å². The SMILES string of the molecule is C1CCPC1.Clc1ncco1. The van der Waals surface area contributed by atoms with Crippen molar-refractivity contribution in [2.75, 3.05) is 12.3 Å². The molecule has 0 spiro atoms. The van der Waals surface area contributed by atoms with Gasteiger partial charge in [-0.1, -0.05) is 0 Å². The van der Waals surface area contributed by atoms with Gasteiger partial charge in [-0.05, 0) is 36.8 Å². The lowest BCUT2D eigenvalue weighted by atomic mass is 10.4. The third-order valence-corrected chi connectivity index (χ3v) is 2.96. The maximum Gasteiger partial charge on any atom is 0.291 e. The van der Waals surface area contributed by atoms with Crippen molar-refractivity contribution in [3.05, 3.63) is 17.8 Å². The first-order valence-electron chi connectivity index (χ1n) is 3.65. The molecule has 2 heterocycles. The maximum atomic E-state index is 5.18. The molecule has 1 aliphatic heterocycles. The smallest absolute Gasteiger partial charge is 0.291 e. The highest BCUT2D eigenvalue weighted by Gasteiger charge is 1.94. The molecular formula is C7H11ClNOP. The van der Waals surface area contributed by atoms with Crippen LogP contribution in [0.25, 0.3) is 0 Å². The van der Waals surface area contributed by atoms with E-state index in [0.717, 1.165) is 0 Å². The largest absolute Gasteiger partial charge is 0.436 e. The molecule has 1 fully saturated rings. The van der Waals surface area contributed by atoms with Crippen molar-refractivity contribution in [1.82, 2.24) is 4.98 Å². The number of aromatic nitrogens is 1. The van der Waals surface area contributed by atoms with E-state index in [1.54, 1.807) is 0 Å². The summed E-state index contributed by atoms with van der Waals surface area (Å²) in [5.74, 6) is 0. The van der Waals surface area contributed by atoms with Crippen molar-refractivity contribution >= 4 is 20.2 Å². The number of hydrogen-bond donors (Lipinski definition) is 0. The lowest BCUT2D eigenvalue weighted by Crippen LogP contribution is -1.58. The minimum atomic E-state index is 0.190. The van der Waals surface area contributed by atoms with Crippen LogP contribution in [0.1, 0.15) is 12.8 Å². The molecule has 1 saturated heterocycles. The number of oxazole rings is 1. The highest BCUT2D eigenvalue weighted by Crippen LogP contribution is 2.21. The Balaban J connectivity index is 0.000000112. The van der Waals surface area contributed by atoms with Gasteiger partial charge in [0.25, 0.3) is 5.35 Å². The Hall–Kier alpha value is -0.0700. The second kappa shape index (κ2) is 5.56. The average molecular weight is 192 g/mol. The monoisotopic (exact) mass is 191 g/mol. The van der Waals surface area contributed by atoms with Gasteiger partial charge in [0.05, 0.1) is 6.20 Å². The first kappa shape index (κ1) is 9.02. The maximum absolute atomic E-state index is 5.18. The van der Waals surface area contributed by atoms with Gasteiger partial charge >= 0.3 is 0 Å². The topological polar surface area (TPSA) is 26.0 Å². The first-order chi connectivity index (χ1) is 5.39. The molecular weight excluding hydrogens is 181 g/mol. The molecule has 62 valence electrons. The van der Waals surface area contributed by atoms with Gasteiger partial charge in [0, 0.05) is 0 Å². The van der Waals surface area contributed by atoms with Crippen molar-refractivity contribution in [3.63, 3.8) is 0 Å². The molecule has 1 aromatic heterocycles. The van der Waals surface area contributed by atoms with Gasteiger partial charge in [-0.2, -0.15) is 0 Å². The number of rotatable bonds is 0. The Bertz CT molecular complexity index is 167. The van der Waals surface area contributed by atoms with Crippen LogP contribution in [-0.2, 0) is 0 Å². The molecule has 11 heavy (non-hydrogen) atoms. The lowest BCUT2D eigenvalue weighted by molar-refractivity contribution is 0.560. The predicted molar refractivity (Wildman–Crippen MR) is 48.8 cm³/mol. The van der Waals surface area contributed by atoms with E-state index in [9.17, 15) is 0 Å². The molecule has 2 nitrogen and oxygen atoms in total. The molecule has 0 amide bonds. The van der Waals surface area contributed by atoms with Crippen LogP contribution >= 0.6 is 20.2 Å². The summed E-state index contributed by atoms with van der Waals surface area (Å²) < 4.78 is 4.49. The number of halogens is 1. The highest BCUT2D eigenvalue weighted by molar-refractivity contribution is 7.38. The molecule has 1 aliphatic rings. The molecule has 4 heteroatoms. The third kappa shape index (κ3) is 4.39. The fourth-order valence-electron chi connectivity index (χ4n) is 0.831. The van der Waals surface area contributed by atoms with Crippen LogP contribution in [0, 0.1) is 0 Å². The Morgan fingerprint density at radius 3 is 2.36 bits per heavy atom. The summed E-state index contributed by atoms with van der Waals surface area (Å²) in [5, 5.41) is 0.190. The fraction of sp³-hybridized carbons (Fsp3) is 0.571. The summed E-state index contributed by atoms with van der Waals surface area (Å²) in [6.45, 7) is 0. The summed E-state index contributed by atoms with van der Waals surface area (Å²) in [6.07, 6.45) is 8.99. The fourth-order valence-corrected chi connectivity index (χ4v) is 2.19. The van der Waals surface area contributed by atoms with E-state index in [0.29, 0.717) is 0 Å². The van der Waals surface area contributed by atoms with E-state index >= 15 is 0 Å². The molecule has 0 aromatic carbocycles. The zero-order chi connectivity index (χ0) is 7.94. The number of hydrogen-bond acceptors (Lipinski definition) is 2. The third-order valence-electron chi connectivity index (χ3n) is 1.36. The molecule has 0 saturated carbocycles. The van der Waals surface area contributed by atoms with E-state index in [2.05, 4.69) is 9.40 Å². The highest BCUT2D eigenvalue weighted by atomic mass is 35.5. The molecule has 0 unspecified atom stereocenters. The summed E-state index contributed by atoms with van der Waals surface area (Å²) in [7, 11) is 1.31. The van der Waals surface area contributed by atoms with E-state index in [-0.39, 0.29) is 5.35 Å². The van der Waals surface area contributed by atoms with Crippen molar-refractivity contribution in [3.8, 4) is 0 Å². The van der Waals surface area contributed by atoms with E-state index in [4.69, 9.17) is 11.6 Å². The van der Waals surface area contributed by atoms with Gasteiger partial charge in [-0.3, -0.25) is 0 Å². The van der Waals surface area contributed by atoms with E-state index in [1.807, 2.05) is 0 Å². The first-order valence-corrected chi connectivity index (χ1v) is 5.44. The van der Waals surface area contributed by atoms with Gasteiger partial charge in [0.2, 0.25) is 0 Å².